The highest BCUT2D eigenvalue weighted by Gasteiger charge is 2.97. The van der Waals surface area contributed by atoms with Crippen LogP contribution < -0.4 is 0 Å². The molecule has 42 heavy (non-hydrogen) atoms. The lowest BCUT2D eigenvalue weighted by Gasteiger charge is -2.40. The van der Waals surface area contributed by atoms with Crippen molar-refractivity contribution >= 4 is 27.9 Å². The van der Waals surface area contributed by atoms with E-state index in [1.165, 1.54) is 19.3 Å². The molecule has 2 saturated heterocycles. The van der Waals surface area contributed by atoms with Crippen LogP contribution in [0.3, 0.4) is 0 Å². The average molecular weight is 654 g/mol. The van der Waals surface area contributed by atoms with Gasteiger partial charge < -0.3 is 23.7 Å². The number of hydrogen-bond acceptors (Lipinski definition) is 7. The minimum Gasteiger partial charge on any atom is -0.434 e. The molecule has 8 heteroatoms. The molecule has 0 aromatic rings. The van der Waals surface area contributed by atoms with E-state index in [1.807, 2.05) is 0 Å². The van der Waals surface area contributed by atoms with Gasteiger partial charge >= 0.3 is 11.9 Å². The Balaban J connectivity index is 1.29. The van der Waals surface area contributed by atoms with E-state index in [0.717, 1.165) is 51.4 Å². The van der Waals surface area contributed by atoms with E-state index >= 15 is 0 Å². The predicted molar refractivity (Wildman–Crippen MR) is 162 cm³/mol. The number of ether oxygens (including phenoxy) is 5. The van der Waals surface area contributed by atoms with E-state index in [4.69, 9.17) is 23.7 Å². The second-order valence-electron chi connectivity index (χ2n) is 15.4. The van der Waals surface area contributed by atoms with Gasteiger partial charge in [-0.25, -0.2) is 0 Å². The number of hydrogen-bond donors (Lipinski definition) is 0. The molecule has 0 aromatic carbocycles. The van der Waals surface area contributed by atoms with Crippen LogP contribution in [0.5, 0.6) is 0 Å². The standard InChI is InChI=1S/C34H53BrO7/c1-18(2)23-14-12-20(5)16-25(23)39-29-27-33(34(27,35)32(37)41-29)28(38-22-10-8-7-9-11-22)30(42-31(33)36)40-26-17-21(6)13-15-24(26)19(3)4/h18-30H,7-17H2,1-6H3/t20-,21-,23+,24+,25-,26-,27-,28+,29-,30-,33-,34-/m1/s1. The van der Waals surface area contributed by atoms with E-state index in [0.29, 0.717) is 35.5 Å². The zero-order chi connectivity index (χ0) is 30.0. The van der Waals surface area contributed by atoms with Gasteiger partial charge in [0.15, 0.2) is 4.32 Å². The van der Waals surface area contributed by atoms with Crippen molar-refractivity contribution in [2.75, 3.05) is 0 Å². The van der Waals surface area contributed by atoms with Crippen molar-refractivity contribution in [3.63, 3.8) is 0 Å². The zero-order valence-electron chi connectivity index (χ0n) is 26.5. The van der Waals surface area contributed by atoms with Crippen molar-refractivity contribution in [2.24, 2.45) is 46.8 Å². The van der Waals surface area contributed by atoms with E-state index in [2.05, 4.69) is 57.5 Å². The summed E-state index contributed by atoms with van der Waals surface area (Å²) >= 11 is 3.78. The summed E-state index contributed by atoms with van der Waals surface area (Å²) in [5, 5.41) is 0. The molecule has 2 aliphatic heterocycles. The Morgan fingerprint density at radius 2 is 1.24 bits per heavy atom. The summed E-state index contributed by atoms with van der Waals surface area (Å²) in [6.45, 7) is 13.5. The maximum absolute atomic E-state index is 14.1. The number of halogens is 1. The van der Waals surface area contributed by atoms with Crippen molar-refractivity contribution in [1.29, 1.82) is 0 Å². The van der Waals surface area contributed by atoms with Crippen LogP contribution in [0.15, 0.2) is 0 Å². The van der Waals surface area contributed by atoms with Crippen LogP contribution in [0.2, 0.25) is 0 Å². The number of alkyl halides is 1. The van der Waals surface area contributed by atoms with Crippen LogP contribution >= 0.6 is 15.9 Å². The van der Waals surface area contributed by atoms with E-state index < -0.39 is 46.3 Å². The molecule has 7 nitrogen and oxygen atoms in total. The largest absolute Gasteiger partial charge is 0.434 e. The fraction of sp³-hybridized carbons (Fsp3) is 0.941. The maximum atomic E-state index is 14.1. The first-order chi connectivity index (χ1) is 20.0. The van der Waals surface area contributed by atoms with Crippen LogP contribution in [-0.4, -0.2) is 53.3 Å². The minimum absolute atomic E-state index is 0.0152. The third-order valence-electron chi connectivity index (χ3n) is 11.9. The molecule has 0 N–H and O–H groups in total. The van der Waals surface area contributed by atoms with E-state index in [-0.39, 0.29) is 18.3 Å². The number of fused-ring (bicyclic) bond motifs is 3. The highest BCUT2D eigenvalue weighted by atomic mass is 79.9. The number of esters is 2. The van der Waals surface area contributed by atoms with Crippen molar-refractivity contribution in [3.05, 3.63) is 0 Å². The smallest absolute Gasteiger partial charge is 0.327 e. The molecule has 0 amide bonds. The third-order valence-corrected chi connectivity index (χ3v) is 13.4. The molecule has 0 aromatic heterocycles. The molecule has 4 aliphatic carbocycles. The monoisotopic (exact) mass is 652 g/mol. The first-order valence-corrected chi connectivity index (χ1v) is 17.8. The van der Waals surface area contributed by atoms with Gasteiger partial charge in [-0.1, -0.05) is 89.6 Å². The lowest BCUT2D eigenvalue weighted by molar-refractivity contribution is -0.227. The minimum atomic E-state index is -1.22. The number of carbonyl (C=O) groups excluding carboxylic acids is 2. The first-order valence-electron chi connectivity index (χ1n) is 17.1. The summed E-state index contributed by atoms with van der Waals surface area (Å²) < 4.78 is 31.2. The summed E-state index contributed by atoms with van der Waals surface area (Å²) in [7, 11) is 0. The molecule has 2 heterocycles. The lowest BCUT2D eigenvalue weighted by atomic mass is 9.75. The van der Waals surface area contributed by atoms with Gasteiger partial charge in [0.2, 0.25) is 12.6 Å². The number of cyclic esters (lactones) is 2. The fourth-order valence-corrected chi connectivity index (χ4v) is 10.6. The molecule has 1 spiro atoms. The second kappa shape index (κ2) is 11.9. The maximum Gasteiger partial charge on any atom is 0.327 e. The summed E-state index contributed by atoms with van der Waals surface area (Å²) in [5.41, 5.74) is -1.21. The van der Waals surface area contributed by atoms with Gasteiger partial charge in [-0.15, -0.1) is 0 Å². The normalized spacial score (nSPS) is 47.6. The van der Waals surface area contributed by atoms with Gasteiger partial charge in [0.05, 0.1) is 24.2 Å². The van der Waals surface area contributed by atoms with Gasteiger partial charge in [-0.3, -0.25) is 9.59 Å². The predicted octanol–water partition coefficient (Wildman–Crippen LogP) is 7.17. The zero-order valence-corrected chi connectivity index (χ0v) is 28.1. The van der Waals surface area contributed by atoms with Crippen LogP contribution in [0, 0.1) is 46.8 Å². The van der Waals surface area contributed by atoms with Gasteiger partial charge in [0, 0.05) is 0 Å². The quantitative estimate of drug-likeness (QED) is 0.203. The van der Waals surface area contributed by atoms with Crippen molar-refractivity contribution in [2.45, 2.75) is 153 Å². The highest BCUT2D eigenvalue weighted by Crippen LogP contribution is 2.78. The molecule has 4 saturated carbocycles. The van der Waals surface area contributed by atoms with Gasteiger partial charge in [0.25, 0.3) is 0 Å². The van der Waals surface area contributed by atoms with Crippen molar-refractivity contribution in [3.8, 4) is 0 Å². The van der Waals surface area contributed by atoms with Gasteiger partial charge in [0.1, 0.15) is 11.5 Å². The molecule has 0 radical (unpaired) electrons. The average Bonchev–Trinajstić information content (AvgIpc) is 3.29. The SMILES string of the molecule is CC(C)[C@@H]1CC[C@@H](C)C[C@H]1O[C@@H]1OC(=O)[C@]2(Br)[C@H]1[C@@]21C(=O)O[C@@H](O[C@@H]2C[C@H](C)CC[C@H]2C(C)C)[C@@H]1OC1CCCCC1. The van der Waals surface area contributed by atoms with Crippen LogP contribution in [0.4, 0.5) is 0 Å². The Kier molecular flexibility index (Phi) is 8.87. The molecule has 238 valence electrons. The van der Waals surface area contributed by atoms with E-state index in [9.17, 15) is 9.59 Å². The topological polar surface area (TPSA) is 80.3 Å². The van der Waals surface area contributed by atoms with E-state index in [1.54, 1.807) is 0 Å². The molecule has 0 unspecified atom stereocenters. The van der Waals surface area contributed by atoms with Crippen molar-refractivity contribution < 1.29 is 33.3 Å². The summed E-state index contributed by atoms with van der Waals surface area (Å²) in [5.74, 6) is 1.45. The molecule has 0 bridgehead atoms. The summed E-state index contributed by atoms with van der Waals surface area (Å²) in [6.07, 6.45) is 9.39. The van der Waals surface area contributed by atoms with Crippen LogP contribution in [0.25, 0.3) is 0 Å². The van der Waals surface area contributed by atoms with Crippen LogP contribution in [0.1, 0.15) is 112 Å². The molecular weight excluding hydrogens is 600 g/mol. The first kappa shape index (κ1) is 31.3. The fourth-order valence-electron chi connectivity index (χ4n) is 9.37. The van der Waals surface area contributed by atoms with Gasteiger partial charge in [-0.2, -0.15) is 0 Å². The molecule has 6 rings (SSSR count). The second-order valence-corrected chi connectivity index (χ2v) is 16.7. The lowest BCUT2D eigenvalue weighted by Crippen LogP contribution is -2.47. The Bertz CT molecular complexity index is 1010. The number of carbonyl (C=O) groups is 2. The highest BCUT2D eigenvalue weighted by molar-refractivity contribution is 9.10. The molecular formula is C34H53BrO7. The van der Waals surface area contributed by atoms with Gasteiger partial charge in [-0.05, 0) is 74.0 Å². The Hall–Kier alpha value is -0.700. The Labute approximate surface area is 261 Å². The third kappa shape index (κ3) is 5.10. The Morgan fingerprint density at radius 1 is 0.714 bits per heavy atom. The summed E-state index contributed by atoms with van der Waals surface area (Å²) in [6, 6.07) is 0. The molecule has 6 aliphatic rings. The van der Waals surface area contributed by atoms with Crippen molar-refractivity contribution in [1.82, 2.24) is 0 Å². The Morgan fingerprint density at radius 3 is 1.79 bits per heavy atom. The molecule has 12 atom stereocenters. The summed E-state index contributed by atoms with van der Waals surface area (Å²) in [4.78, 5) is 27.7. The number of rotatable bonds is 8. The molecule has 6 fully saturated rings. The van der Waals surface area contributed by atoms with Crippen LogP contribution in [-0.2, 0) is 33.3 Å².